The Bertz CT molecular complexity index is 265. The molecule has 0 aliphatic heterocycles. The van der Waals surface area contributed by atoms with Crippen LogP contribution in [0.3, 0.4) is 0 Å². The monoisotopic (exact) mass is 125 g/mol. The van der Waals surface area contributed by atoms with Crippen molar-refractivity contribution in [1.82, 2.24) is 10.2 Å². The molecule has 0 fully saturated rings. The summed E-state index contributed by atoms with van der Waals surface area (Å²) in [7, 11) is 0. The highest BCUT2D eigenvalue weighted by Gasteiger charge is 1.94. The summed E-state index contributed by atoms with van der Waals surface area (Å²) >= 11 is 0. The van der Waals surface area contributed by atoms with E-state index in [1.54, 1.807) is 6.92 Å². The van der Waals surface area contributed by atoms with Gasteiger partial charge in [-0.25, -0.2) is 5.10 Å². The lowest BCUT2D eigenvalue weighted by Gasteiger charge is -1.92. The zero-order valence-corrected chi connectivity index (χ0v) is 5.01. The van der Waals surface area contributed by atoms with E-state index in [9.17, 15) is 4.79 Å². The molecule has 4 heteroatoms. The lowest BCUT2D eigenvalue weighted by Crippen LogP contribution is -2.12. The largest absolute Gasteiger partial charge is 0.397 e. The molecule has 0 saturated carbocycles. The van der Waals surface area contributed by atoms with Gasteiger partial charge in [-0.1, -0.05) is 0 Å². The second-order valence-corrected chi connectivity index (χ2v) is 1.78. The Labute approximate surface area is 51.7 Å². The minimum Gasteiger partial charge on any atom is -0.397 e. The van der Waals surface area contributed by atoms with Crippen molar-refractivity contribution in [1.29, 1.82) is 0 Å². The van der Waals surface area contributed by atoms with Crippen molar-refractivity contribution in [3.05, 3.63) is 22.1 Å². The van der Waals surface area contributed by atoms with E-state index in [0.717, 1.165) is 0 Å². The molecule has 1 aromatic rings. The van der Waals surface area contributed by atoms with Crippen LogP contribution in [0.5, 0.6) is 0 Å². The molecule has 0 aliphatic rings. The SMILES string of the molecule is Cc1c(N)cn[nH]c1=O. The van der Waals surface area contributed by atoms with Gasteiger partial charge < -0.3 is 5.73 Å². The van der Waals surface area contributed by atoms with Gasteiger partial charge >= 0.3 is 0 Å². The molecule has 0 aliphatic carbocycles. The number of aromatic amines is 1. The van der Waals surface area contributed by atoms with Gasteiger partial charge in [-0.05, 0) is 6.92 Å². The Kier molecular flexibility index (Phi) is 1.22. The van der Waals surface area contributed by atoms with Crippen molar-refractivity contribution in [3.63, 3.8) is 0 Å². The fourth-order valence-corrected chi connectivity index (χ4v) is 0.472. The third-order valence-electron chi connectivity index (χ3n) is 1.14. The van der Waals surface area contributed by atoms with E-state index in [2.05, 4.69) is 10.2 Å². The van der Waals surface area contributed by atoms with Crippen LogP contribution in [0.2, 0.25) is 0 Å². The van der Waals surface area contributed by atoms with Crippen LogP contribution in [0.4, 0.5) is 5.69 Å². The molecule has 0 bridgehead atoms. The minimum atomic E-state index is -0.227. The molecule has 1 heterocycles. The van der Waals surface area contributed by atoms with E-state index in [1.165, 1.54) is 6.20 Å². The van der Waals surface area contributed by atoms with Crippen LogP contribution >= 0.6 is 0 Å². The van der Waals surface area contributed by atoms with E-state index in [0.29, 0.717) is 11.3 Å². The van der Waals surface area contributed by atoms with Crippen LogP contribution in [0.15, 0.2) is 11.0 Å². The Hall–Kier alpha value is -1.32. The number of rotatable bonds is 0. The van der Waals surface area contributed by atoms with Crippen molar-refractivity contribution in [2.45, 2.75) is 6.92 Å². The average Bonchev–Trinajstić information content (AvgIpc) is 1.83. The molecule has 0 spiro atoms. The summed E-state index contributed by atoms with van der Waals surface area (Å²) < 4.78 is 0. The molecule has 9 heavy (non-hydrogen) atoms. The Morgan fingerprint density at radius 1 is 1.78 bits per heavy atom. The number of hydrogen-bond acceptors (Lipinski definition) is 3. The maximum atomic E-state index is 10.6. The minimum absolute atomic E-state index is 0.227. The zero-order valence-electron chi connectivity index (χ0n) is 5.01. The standard InChI is InChI=1S/C5H7N3O/c1-3-4(6)2-7-8-5(3)9/h2H,1H3,(H3,6,8,9). The number of nitrogens with two attached hydrogens (primary N) is 1. The highest BCUT2D eigenvalue weighted by atomic mass is 16.1. The fourth-order valence-electron chi connectivity index (χ4n) is 0.472. The Morgan fingerprint density at radius 2 is 2.44 bits per heavy atom. The quantitative estimate of drug-likeness (QED) is 0.498. The topological polar surface area (TPSA) is 71.8 Å². The molecule has 1 rings (SSSR count). The number of anilines is 1. The predicted molar refractivity (Wildman–Crippen MR) is 34.0 cm³/mol. The summed E-state index contributed by atoms with van der Waals surface area (Å²) in [4.78, 5) is 10.6. The maximum Gasteiger partial charge on any atom is 0.269 e. The first kappa shape index (κ1) is 5.81. The fraction of sp³-hybridized carbons (Fsp3) is 0.200. The molecule has 0 radical (unpaired) electrons. The van der Waals surface area contributed by atoms with Crippen molar-refractivity contribution >= 4 is 5.69 Å². The molecule has 3 N–H and O–H groups in total. The normalized spacial score (nSPS) is 9.44. The lowest BCUT2D eigenvalue weighted by molar-refractivity contribution is 0.973. The van der Waals surface area contributed by atoms with E-state index < -0.39 is 0 Å². The predicted octanol–water partition coefficient (Wildman–Crippen LogP) is -0.339. The molecule has 48 valence electrons. The molecule has 0 amide bonds. The van der Waals surface area contributed by atoms with Gasteiger partial charge in [0.15, 0.2) is 0 Å². The van der Waals surface area contributed by atoms with Crippen molar-refractivity contribution in [2.24, 2.45) is 0 Å². The zero-order chi connectivity index (χ0) is 6.85. The summed E-state index contributed by atoms with van der Waals surface area (Å²) in [6.45, 7) is 1.65. The van der Waals surface area contributed by atoms with E-state index in [1.807, 2.05) is 0 Å². The molecule has 0 unspecified atom stereocenters. The van der Waals surface area contributed by atoms with Crippen LogP contribution in [0, 0.1) is 6.92 Å². The number of hydrogen-bond donors (Lipinski definition) is 2. The number of nitrogen functional groups attached to an aromatic ring is 1. The van der Waals surface area contributed by atoms with Gasteiger partial charge in [-0.2, -0.15) is 5.10 Å². The first-order valence-corrected chi connectivity index (χ1v) is 2.51. The molecule has 0 saturated heterocycles. The lowest BCUT2D eigenvalue weighted by atomic mass is 10.3. The third-order valence-corrected chi connectivity index (χ3v) is 1.14. The molecular weight excluding hydrogens is 118 g/mol. The highest BCUT2D eigenvalue weighted by Crippen LogP contribution is 1.97. The van der Waals surface area contributed by atoms with E-state index in [-0.39, 0.29) is 5.56 Å². The first-order chi connectivity index (χ1) is 4.22. The maximum absolute atomic E-state index is 10.6. The molecular formula is C5H7N3O. The van der Waals surface area contributed by atoms with Gasteiger partial charge in [-0.15, -0.1) is 0 Å². The van der Waals surface area contributed by atoms with E-state index >= 15 is 0 Å². The smallest absolute Gasteiger partial charge is 0.269 e. The second kappa shape index (κ2) is 1.89. The Balaban J connectivity index is 3.43. The van der Waals surface area contributed by atoms with Gasteiger partial charge in [-0.3, -0.25) is 4.79 Å². The van der Waals surface area contributed by atoms with Crippen LogP contribution in [0.1, 0.15) is 5.56 Å². The van der Waals surface area contributed by atoms with Gasteiger partial charge in [0.2, 0.25) is 0 Å². The van der Waals surface area contributed by atoms with Crippen LogP contribution in [0.25, 0.3) is 0 Å². The first-order valence-electron chi connectivity index (χ1n) is 2.51. The molecule has 0 aromatic carbocycles. The third kappa shape index (κ3) is 0.910. The number of nitrogens with one attached hydrogen (secondary N) is 1. The van der Waals surface area contributed by atoms with Gasteiger partial charge in [0.1, 0.15) is 0 Å². The summed E-state index contributed by atoms with van der Waals surface area (Å²) in [6, 6.07) is 0. The number of aromatic nitrogens is 2. The number of H-pyrrole nitrogens is 1. The van der Waals surface area contributed by atoms with Gasteiger partial charge in [0, 0.05) is 5.56 Å². The van der Waals surface area contributed by atoms with Crippen LogP contribution in [-0.2, 0) is 0 Å². The van der Waals surface area contributed by atoms with Crippen molar-refractivity contribution in [3.8, 4) is 0 Å². The van der Waals surface area contributed by atoms with Crippen LogP contribution in [-0.4, -0.2) is 10.2 Å². The van der Waals surface area contributed by atoms with Crippen molar-refractivity contribution < 1.29 is 0 Å². The second-order valence-electron chi connectivity index (χ2n) is 1.78. The Morgan fingerprint density at radius 3 is 2.89 bits per heavy atom. The van der Waals surface area contributed by atoms with Crippen molar-refractivity contribution in [2.75, 3.05) is 5.73 Å². The van der Waals surface area contributed by atoms with Gasteiger partial charge in [0.25, 0.3) is 5.56 Å². The summed E-state index contributed by atoms with van der Waals surface area (Å²) in [5.41, 5.74) is 6.06. The highest BCUT2D eigenvalue weighted by molar-refractivity contribution is 5.40. The molecule has 4 nitrogen and oxygen atoms in total. The summed E-state index contributed by atoms with van der Waals surface area (Å²) in [5.74, 6) is 0. The number of nitrogens with zero attached hydrogens (tertiary/aromatic N) is 1. The molecule has 1 aromatic heterocycles. The van der Waals surface area contributed by atoms with E-state index in [4.69, 9.17) is 5.73 Å². The summed E-state index contributed by atoms with van der Waals surface area (Å²) in [6.07, 6.45) is 1.41. The average molecular weight is 125 g/mol. The van der Waals surface area contributed by atoms with Gasteiger partial charge in [0.05, 0.1) is 11.9 Å². The van der Waals surface area contributed by atoms with Crippen LogP contribution < -0.4 is 11.3 Å². The molecule has 0 atom stereocenters. The summed E-state index contributed by atoms with van der Waals surface area (Å²) in [5, 5.41) is 5.74.